The van der Waals surface area contributed by atoms with E-state index in [4.69, 9.17) is 4.74 Å². The summed E-state index contributed by atoms with van der Waals surface area (Å²) in [4.78, 5) is 0. The Morgan fingerprint density at radius 1 is 1.26 bits per heavy atom. The van der Waals surface area contributed by atoms with Crippen LogP contribution in [0.3, 0.4) is 0 Å². The third kappa shape index (κ3) is 3.99. The van der Waals surface area contributed by atoms with E-state index in [0.717, 1.165) is 22.2 Å². The van der Waals surface area contributed by atoms with Gasteiger partial charge in [-0.1, -0.05) is 12.8 Å². The average molecular weight is 374 g/mol. The number of ether oxygens (including phenoxy) is 1. The second kappa shape index (κ2) is 6.98. The lowest BCUT2D eigenvalue weighted by Gasteiger charge is -2.15. The Kier molecular flexibility index (Phi) is 5.30. The number of methoxy groups -OCH3 is 1. The molecule has 1 fully saturated rings. The molecule has 0 spiro atoms. The first kappa shape index (κ1) is 14.4. The van der Waals surface area contributed by atoms with Crippen LogP contribution in [0.1, 0.15) is 31.2 Å². The fourth-order valence-corrected chi connectivity index (χ4v) is 2.77. The highest BCUT2D eigenvalue weighted by Crippen LogP contribution is 2.31. The van der Waals surface area contributed by atoms with Gasteiger partial charge in [-0.05, 0) is 53.1 Å². The largest absolute Gasteiger partial charge is 0.504 e. The topological polar surface area (TPSA) is 45.1 Å². The smallest absolute Gasteiger partial charge is 0.171 e. The van der Waals surface area contributed by atoms with Gasteiger partial charge in [0.1, 0.15) is 0 Å². The quantitative estimate of drug-likeness (QED) is 0.653. The van der Waals surface area contributed by atoms with Crippen molar-refractivity contribution in [1.82, 2.24) is 5.01 Å². The van der Waals surface area contributed by atoms with Crippen molar-refractivity contribution < 1.29 is 9.84 Å². The minimum Gasteiger partial charge on any atom is -0.504 e. The van der Waals surface area contributed by atoms with Crippen LogP contribution in [0.15, 0.2) is 17.2 Å². The lowest BCUT2D eigenvalue weighted by atomic mass is 10.2. The van der Waals surface area contributed by atoms with Crippen LogP contribution in [0, 0.1) is 3.57 Å². The van der Waals surface area contributed by atoms with Crippen LogP contribution in [-0.4, -0.2) is 36.5 Å². The van der Waals surface area contributed by atoms with Crippen molar-refractivity contribution in [2.45, 2.75) is 25.7 Å². The SMILES string of the molecule is COc1cc(/C=N/N2CCCCCC2)cc(I)c1O. The number of hydrazone groups is 1. The zero-order valence-electron chi connectivity index (χ0n) is 11.1. The number of phenolic OH excluding ortho intramolecular Hbond substituents is 1. The molecule has 1 N–H and O–H groups in total. The number of benzene rings is 1. The molecule has 1 aromatic rings. The minimum atomic E-state index is 0.190. The first-order valence-corrected chi connectivity index (χ1v) is 7.64. The van der Waals surface area contributed by atoms with Gasteiger partial charge < -0.3 is 9.84 Å². The molecule has 0 bridgehead atoms. The van der Waals surface area contributed by atoms with Crippen molar-refractivity contribution in [3.8, 4) is 11.5 Å². The highest BCUT2D eigenvalue weighted by molar-refractivity contribution is 14.1. The van der Waals surface area contributed by atoms with E-state index in [1.54, 1.807) is 13.2 Å². The number of nitrogens with zero attached hydrogens (tertiary/aromatic N) is 2. The highest BCUT2D eigenvalue weighted by Gasteiger charge is 2.08. The predicted octanol–water partition coefficient (Wildman–Crippen LogP) is 3.22. The molecule has 1 aromatic carbocycles. The Hall–Kier alpha value is -0.980. The first-order valence-electron chi connectivity index (χ1n) is 6.56. The predicted molar refractivity (Wildman–Crippen MR) is 85.0 cm³/mol. The van der Waals surface area contributed by atoms with Gasteiger partial charge in [-0.3, -0.25) is 5.01 Å². The van der Waals surface area contributed by atoms with E-state index in [2.05, 4.69) is 32.7 Å². The molecule has 5 heteroatoms. The van der Waals surface area contributed by atoms with Crippen molar-refractivity contribution in [2.24, 2.45) is 5.10 Å². The van der Waals surface area contributed by atoms with Crippen LogP contribution in [0.5, 0.6) is 11.5 Å². The summed E-state index contributed by atoms with van der Waals surface area (Å²) in [6.45, 7) is 2.06. The van der Waals surface area contributed by atoms with Crippen LogP contribution in [-0.2, 0) is 0 Å². The number of halogens is 1. The molecule has 19 heavy (non-hydrogen) atoms. The molecule has 1 heterocycles. The molecule has 104 valence electrons. The maximum Gasteiger partial charge on any atom is 0.171 e. The van der Waals surface area contributed by atoms with Gasteiger partial charge in [0.25, 0.3) is 0 Å². The van der Waals surface area contributed by atoms with Crippen molar-refractivity contribution in [3.63, 3.8) is 0 Å². The number of rotatable bonds is 3. The highest BCUT2D eigenvalue weighted by atomic mass is 127. The van der Waals surface area contributed by atoms with Crippen molar-refractivity contribution in [3.05, 3.63) is 21.3 Å². The van der Waals surface area contributed by atoms with Gasteiger partial charge >= 0.3 is 0 Å². The molecular formula is C14H19IN2O2. The van der Waals surface area contributed by atoms with Gasteiger partial charge in [-0.15, -0.1) is 0 Å². The van der Waals surface area contributed by atoms with Crippen LogP contribution in [0.4, 0.5) is 0 Å². The van der Waals surface area contributed by atoms with Gasteiger partial charge in [0, 0.05) is 13.1 Å². The summed E-state index contributed by atoms with van der Waals surface area (Å²) in [6.07, 6.45) is 6.88. The van der Waals surface area contributed by atoms with Gasteiger partial charge in [-0.2, -0.15) is 5.10 Å². The maximum atomic E-state index is 9.79. The van der Waals surface area contributed by atoms with E-state index in [1.165, 1.54) is 25.7 Å². The summed E-state index contributed by atoms with van der Waals surface area (Å²) < 4.78 is 5.92. The lowest BCUT2D eigenvalue weighted by molar-refractivity contribution is 0.302. The van der Waals surface area contributed by atoms with Crippen LogP contribution >= 0.6 is 22.6 Å². The molecule has 0 saturated carbocycles. The third-order valence-corrected chi connectivity index (χ3v) is 4.05. The molecule has 0 unspecified atom stereocenters. The molecule has 0 aromatic heterocycles. The zero-order valence-corrected chi connectivity index (χ0v) is 13.3. The molecule has 0 aliphatic carbocycles. The number of phenols is 1. The Balaban J connectivity index is 2.11. The van der Waals surface area contributed by atoms with E-state index >= 15 is 0 Å². The van der Waals surface area contributed by atoms with Crippen molar-refractivity contribution in [2.75, 3.05) is 20.2 Å². The fourth-order valence-electron chi connectivity index (χ4n) is 2.14. The summed E-state index contributed by atoms with van der Waals surface area (Å²) in [5.41, 5.74) is 0.947. The Bertz CT molecular complexity index is 455. The Labute approximate surface area is 127 Å². The van der Waals surface area contributed by atoms with Crippen LogP contribution in [0.2, 0.25) is 0 Å². The zero-order chi connectivity index (χ0) is 13.7. The molecule has 1 saturated heterocycles. The average Bonchev–Trinajstić information content (AvgIpc) is 2.68. The molecule has 1 aliphatic heterocycles. The fraction of sp³-hybridized carbons (Fsp3) is 0.500. The number of hydrogen-bond acceptors (Lipinski definition) is 4. The first-order chi connectivity index (χ1) is 9.20. The van der Waals surface area contributed by atoms with Gasteiger partial charge in [0.05, 0.1) is 16.9 Å². The standard InChI is InChI=1S/C14H19IN2O2/c1-19-13-9-11(8-12(15)14(13)18)10-16-17-6-4-2-3-5-7-17/h8-10,18H,2-7H2,1H3/b16-10+. The van der Waals surface area contributed by atoms with E-state index in [1.807, 2.05) is 12.3 Å². The Morgan fingerprint density at radius 2 is 1.95 bits per heavy atom. The molecule has 0 radical (unpaired) electrons. The summed E-state index contributed by atoms with van der Waals surface area (Å²) in [7, 11) is 1.56. The van der Waals surface area contributed by atoms with Crippen LogP contribution < -0.4 is 4.74 Å². The summed E-state index contributed by atoms with van der Waals surface area (Å²) in [5.74, 6) is 0.680. The van der Waals surface area contributed by atoms with Crippen molar-refractivity contribution in [1.29, 1.82) is 0 Å². The third-order valence-electron chi connectivity index (χ3n) is 3.22. The van der Waals surface area contributed by atoms with E-state index in [0.29, 0.717) is 5.75 Å². The Morgan fingerprint density at radius 3 is 2.58 bits per heavy atom. The summed E-state index contributed by atoms with van der Waals surface area (Å²) in [6, 6.07) is 3.71. The second-order valence-corrected chi connectivity index (χ2v) is 5.83. The molecule has 1 aliphatic rings. The lowest BCUT2D eigenvalue weighted by Crippen LogP contribution is -2.18. The summed E-state index contributed by atoms with van der Waals surface area (Å²) in [5, 5.41) is 16.4. The normalized spacial score (nSPS) is 16.6. The minimum absolute atomic E-state index is 0.190. The van der Waals surface area contributed by atoms with E-state index in [-0.39, 0.29) is 5.75 Å². The second-order valence-electron chi connectivity index (χ2n) is 4.67. The molecule has 4 nitrogen and oxygen atoms in total. The molecular weight excluding hydrogens is 355 g/mol. The molecule has 0 atom stereocenters. The van der Waals surface area contributed by atoms with Crippen LogP contribution in [0.25, 0.3) is 0 Å². The van der Waals surface area contributed by atoms with Gasteiger partial charge in [0.15, 0.2) is 11.5 Å². The monoisotopic (exact) mass is 374 g/mol. The van der Waals surface area contributed by atoms with E-state index in [9.17, 15) is 5.11 Å². The number of aromatic hydroxyl groups is 1. The van der Waals surface area contributed by atoms with E-state index < -0.39 is 0 Å². The van der Waals surface area contributed by atoms with Crippen molar-refractivity contribution >= 4 is 28.8 Å². The molecule has 2 rings (SSSR count). The maximum absolute atomic E-state index is 9.79. The number of hydrogen-bond donors (Lipinski definition) is 1. The van der Waals surface area contributed by atoms with Gasteiger partial charge in [0.2, 0.25) is 0 Å². The summed E-state index contributed by atoms with van der Waals surface area (Å²) >= 11 is 2.09. The molecule has 0 amide bonds. The van der Waals surface area contributed by atoms with Gasteiger partial charge in [-0.25, -0.2) is 0 Å².